The SMILES string of the molecule is C#CCN(CCCCCCN1C(=O)C2[C@@H](C1=O)[C@@H]1C=C[C@H]2C1)C(=O)CCC(=O)NCCCC(C)(C)OC(=O)C(C)C(C)(C)OC. The van der Waals surface area contributed by atoms with Gasteiger partial charge in [-0.3, -0.25) is 28.9 Å². The van der Waals surface area contributed by atoms with Crippen LogP contribution in [-0.4, -0.2) is 83.9 Å². The van der Waals surface area contributed by atoms with Gasteiger partial charge in [0.25, 0.3) is 0 Å². The number of ether oxygens (including phenoxy) is 2. The fraction of sp³-hybridized carbons (Fsp3) is 0.743. The summed E-state index contributed by atoms with van der Waals surface area (Å²) in [5.41, 5.74) is -1.32. The first-order chi connectivity index (χ1) is 21.2. The molecule has 1 saturated carbocycles. The quantitative estimate of drug-likeness (QED) is 0.0759. The van der Waals surface area contributed by atoms with Gasteiger partial charge in [-0.2, -0.15) is 0 Å². The lowest BCUT2D eigenvalue weighted by atomic mass is 9.85. The number of hydrogen-bond donors (Lipinski definition) is 1. The zero-order valence-electron chi connectivity index (χ0n) is 28.1. The van der Waals surface area contributed by atoms with E-state index in [2.05, 4.69) is 23.4 Å². The number of terminal acetylenes is 1. The Hall–Kier alpha value is -3.19. The summed E-state index contributed by atoms with van der Waals surface area (Å²) in [6.07, 6.45) is 15.1. The fourth-order valence-corrected chi connectivity index (χ4v) is 6.59. The third-order valence-corrected chi connectivity index (χ3v) is 9.90. The number of likely N-dealkylation sites (tertiary alicyclic amines) is 1. The first kappa shape index (κ1) is 36.3. The van der Waals surface area contributed by atoms with Crippen LogP contribution in [0, 0.1) is 41.9 Å². The molecule has 1 aliphatic heterocycles. The van der Waals surface area contributed by atoms with Gasteiger partial charge in [-0.1, -0.05) is 30.9 Å². The minimum Gasteiger partial charge on any atom is -0.459 e. The number of methoxy groups -OCH3 is 1. The topological polar surface area (TPSA) is 122 Å². The zero-order chi connectivity index (χ0) is 33.4. The molecule has 10 heteroatoms. The van der Waals surface area contributed by atoms with Crippen molar-refractivity contribution < 1.29 is 33.4 Å². The number of carbonyl (C=O) groups is 5. The number of imide groups is 1. The van der Waals surface area contributed by atoms with Gasteiger partial charge < -0.3 is 19.7 Å². The molecule has 2 fully saturated rings. The van der Waals surface area contributed by atoms with Gasteiger partial charge in [-0.05, 0) is 78.6 Å². The van der Waals surface area contributed by atoms with Crippen molar-refractivity contribution in [2.75, 3.05) is 33.3 Å². The minimum atomic E-state index is -0.689. The molecule has 1 N–H and O–H groups in total. The third-order valence-electron chi connectivity index (χ3n) is 9.90. The van der Waals surface area contributed by atoms with Crippen molar-refractivity contribution >= 4 is 29.6 Å². The number of nitrogens with zero attached hydrogens (tertiary/aromatic N) is 2. The summed E-state index contributed by atoms with van der Waals surface area (Å²) in [5, 5.41) is 2.84. The number of esters is 1. The zero-order valence-corrected chi connectivity index (χ0v) is 28.1. The normalized spacial score (nSPS) is 22.7. The maximum Gasteiger partial charge on any atom is 0.312 e. The Balaban J connectivity index is 1.27. The van der Waals surface area contributed by atoms with Gasteiger partial charge in [0.05, 0.1) is 29.9 Å². The van der Waals surface area contributed by atoms with Crippen LogP contribution in [0.25, 0.3) is 0 Å². The average Bonchev–Trinajstić information content (AvgIpc) is 3.68. The minimum absolute atomic E-state index is 0.00129. The Bertz CT molecular complexity index is 1140. The summed E-state index contributed by atoms with van der Waals surface area (Å²) in [6.45, 7) is 10.7. The van der Waals surface area contributed by atoms with Crippen molar-refractivity contribution in [1.82, 2.24) is 15.1 Å². The van der Waals surface area contributed by atoms with Crippen molar-refractivity contribution in [2.24, 2.45) is 29.6 Å². The van der Waals surface area contributed by atoms with E-state index in [0.29, 0.717) is 32.5 Å². The highest BCUT2D eigenvalue weighted by Gasteiger charge is 2.58. The van der Waals surface area contributed by atoms with Crippen LogP contribution in [0.1, 0.15) is 92.4 Å². The van der Waals surface area contributed by atoms with Crippen LogP contribution >= 0.6 is 0 Å². The van der Waals surface area contributed by atoms with Gasteiger partial charge in [-0.25, -0.2) is 0 Å². The summed E-state index contributed by atoms with van der Waals surface area (Å²) in [6, 6.07) is 0. The first-order valence-corrected chi connectivity index (χ1v) is 16.5. The van der Waals surface area contributed by atoms with Crippen LogP contribution in [-0.2, 0) is 33.4 Å². The summed E-state index contributed by atoms with van der Waals surface area (Å²) in [4.78, 5) is 66.4. The smallest absolute Gasteiger partial charge is 0.312 e. The summed E-state index contributed by atoms with van der Waals surface area (Å²) < 4.78 is 11.1. The lowest BCUT2D eigenvalue weighted by Crippen LogP contribution is -2.41. The van der Waals surface area contributed by atoms with Crippen LogP contribution in [0.4, 0.5) is 0 Å². The molecule has 10 nitrogen and oxygen atoms in total. The van der Waals surface area contributed by atoms with E-state index in [9.17, 15) is 24.0 Å². The Morgan fingerprint density at radius 1 is 1.02 bits per heavy atom. The average molecular weight is 628 g/mol. The Labute approximate surface area is 269 Å². The molecule has 2 unspecified atom stereocenters. The van der Waals surface area contributed by atoms with Crippen molar-refractivity contribution in [3.63, 3.8) is 0 Å². The molecule has 5 atom stereocenters. The largest absolute Gasteiger partial charge is 0.459 e. The van der Waals surface area contributed by atoms with E-state index in [1.807, 2.05) is 27.7 Å². The number of carbonyl (C=O) groups excluding carboxylic acids is 5. The van der Waals surface area contributed by atoms with Crippen LogP contribution in [0.2, 0.25) is 0 Å². The lowest BCUT2D eigenvalue weighted by Gasteiger charge is -2.32. The number of amides is 4. The maximum absolute atomic E-state index is 12.8. The van der Waals surface area contributed by atoms with Gasteiger partial charge in [-0.15, -0.1) is 6.42 Å². The lowest BCUT2D eigenvalue weighted by molar-refractivity contribution is -0.171. The molecule has 0 aromatic rings. The van der Waals surface area contributed by atoms with E-state index in [0.717, 1.165) is 32.1 Å². The van der Waals surface area contributed by atoms with Crippen molar-refractivity contribution in [1.29, 1.82) is 0 Å². The molecule has 1 saturated heterocycles. The predicted octanol–water partition coefficient (Wildman–Crippen LogP) is 3.88. The third kappa shape index (κ3) is 9.41. The Kier molecular flexibility index (Phi) is 12.8. The molecular formula is C35H53N3O7. The summed E-state index contributed by atoms with van der Waals surface area (Å²) in [5.74, 6) is 1.55. The van der Waals surface area contributed by atoms with E-state index in [1.165, 1.54) is 4.90 Å². The van der Waals surface area contributed by atoms with E-state index >= 15 is 0 Å². The number of nitrogens with one attached hydrogen (secondary N) is 1. The van der Waals surface area contributed by atoms with Gasteiger partial charge >= 0.3 is 5.97 Å². The molecule has 0 radical (unpaired) electrons. The predicted molar refractivity (Wildman–Crippen MR) is 170 cm³/mol. The number of unbranched alkanes of at least 4 members (excludes halogenated alkanes) is 3. The summed E-state index contributed by atoms with van der Waals surface area (Å²) in [7, 11) is 1.57. The standard InChI is InChI=1S/C35H53N3O7/c1-8-20-37(21-11-9-10-12-22-38-31(41)29-25-14-15-26(23-25)30(29)32(38)42)28(40)17-16-27(39)36-19-13-18-34(3,4)45-33(43)24(2)35(5,6)44-7/h1,14-15,24-26,29-30H,9-13,16-23H2,2-7H3,(H,36,39)/t24?,25-,26+,29+,30?/m1/s1. The van der Waals surface area contributed by atoms with E-state index in [4.69, 9.17) is 15.9 Å². The highest BCUT2D eigenvalue weighted by Crippen LogP contribution is 2.52. The van der Waals surface area contributed by atoms with E-state index < -0.39 is 17.1 Å². The molecule has 0 aromatic heterocycles. The number of rotatable bonds is 19. The van der Waals surface area contributed by atoms with Crippen LogP contribution < -0.4 is 5.32 Å². The van der Waals surface area contributed by atoms with Crippen molar-refractivity contribution in [3.8, 4) is 12.3 Å². The van der Waals surface area contributed by atoms with Crippen LogP contribution in [0.15, 0.2) is 12.2 Å². The molecule has 250 valence electrons. The molecule has 3 aliphatic rings. The van der Waals surface area contributed by atoms with Gasteiger partial charge in [0, 0.05) is 39.6 Å². The molecule has 4 amide bonds. The second-order valence-corrected chi connectivity index (χ2v) is 13.9. The molecule has 0 spiro atoms. The first-order valence-electron chi connectivity index (χ1n) is 16.5. The van der Waals surface area contributed by atoms with Gasteiger partial charge in [0.2, 0.25) is 23.6 Å². The number of allylic oxidation sites excluding steroid dienone is 2. The fourth-order valence-electron chi connectivity index (χ4n) is 6.59. The monoisotopic (exact) mass is 627 g/mol. The van der Waals surface area contributed by atoms with Crippen LogP contribution in [0.3, 0.4) is 0 Å². The molecule has 45 heavy (non-hydrogen) atoms. The molecule has 0 aromatic carbocycles. The Morgan fingerprint density at radius 3 is 2.24 bits per heavy atom. The number of hydrogen-bond acceptors (Lipinski definition) is 7. The molecular weight excluding hydrogens is 574 g/mol. The second-order valence-electron chi connectivity index (χ2n) is 13.9. The van der Waals surface area contributed by atoms with Crippen molar-refractivity contribution in [2.45, 2.75) is 104 Å². The molecule has 2 bridgehead atoms. The molecule has 1 heterocycles. The van der Waals surface area contributed by atoms with Crippen LogP contribution in [0.5, 0.6) is 0 Å². The van der Waals surface area contributed by atoms with Gasteiger partial charge in [0.1, 0.15) is 5.60 Å². The highest BCUT2D eigenvalue weighted by molar-refractivity contribution is 6.06. The van der Waals surface area contributed by atoms with Crippen molar-refractivity contribution in [3.05, 3.63) is 12.2 Å². The maximum atomic E-state index is 12.8. The van der Waals surface area contributed by atoms with E-state index in [1.54, 1.807) is 18.9 Å². The second kappa shape index (κ2) is 15.9. The highest BCUT2D eigenvalue weighted by atomic mass is 16.6. The van der Waals surface area contributed by atoms with E-state index in [-0.39, 0.29) is 72.7 Å². The van der Waals surface area contributed by atoms with Gasteiger partial charge in [0.15, 0.2) is 0 Å². The molecule has 2 aliphatic carbocycles. The summed E-state index contributed by atoms with van der Waals surface area (Å²) >= 11 is 0. The Morgan fingerprint density at radius 2 is 1.64 bits per heavy atom. The molecule has 3 rings (SSSR count). The number of fused-ring (bicyclic) bond motifs is 5.